The van der Waals surface area contributed by atoms with E-state index in [0.29, 0.717) is 30.9 Å². The Labute approximate surface area is 144 Å². The van der Waals surface area contributed by atoms with Gasteiger partial charge in [-0.3, -0.25) is 4.90 Å². The van der Waals surface area contributed by atoms with E-state index in [2.05, 4.69) is 16.7 Å². The zero-order valence-electron chi connectivity index (χ0n) is 14.5. The zero-order chi connectivity index (χ0) is 16.9. The summed E-state index contributed by atoms with van der Waals surface area (Å²) in [4.78, 5) is 4.32. The molecule has 134 valence electrons. The highest BCUT2D eigenvalue weighted by Crippen LogP contribution is 2.27. The molecule has 1 aliphatic carbocycles. The molecule has 1 saturated heterocycles. The summed E-state index contributed by atoms with van der Waals surface area (Å²) < 4.78 is 19.7. The van der Waals surface area contributed by atoms with Crippen molar-refractivity contribution >= 4 is 5.69 Å². The summed E-state index contributed by atoms with van der Waals surface area (Å²) in [5, 5.41) is 10.2. The Balaban J connectivity index is 1.39. The molecule has 3 rings (SSSR count). The summed E-state index contributed by atoms with van der Waals surface area (Å²) in [6, 6.07) is 6.93. The highest BCUT2D eigenvalue weighted by atomic mass is 19.1. The molecule has 1 aromatic rings. The maximum atomic E-state index is 13.8. The van der Waals surface area contributed by atoms with E-state index < -0.39 is 6.10 Å². The fourth-order valence-corrected chi connectivity index (χ4v) is 3.82. The second-order valence-corrected chi connectivity index (χ2v) is 7.17. The van der Waals surface area contributed by atoms with E-state index in [0.717, 1.165) is 32.6 Å². The van der Waals surface area contributed by atoms with Crippen molar-refractivity contribution in [2.24, 2.45) is 5.92 Å². The minimum atomic E-state index is -0.446. The van der Waals surface area contributed by atoms with Crippen molar-refractivity contribution in [3.05, 3.63) is 30.1 Å². The Morgan fingerprint density at radius 2 is 1.96 bits per heavy atom. The molecule has 1 aliphatic heterocycles. The molecule has 24 heavy (non-hydrogen) atoms. The van der Waals surface area contributed by atoms with Crippen LogP contribution in [0.5, 0.6) is 0 Å². The molecule has 4 nitrogen and oxygen atoms in total. The lowest BCUT2D eigenvalue weighted by Crippen LogP contribution is -2.49. The first kappa shape index (κ1) is 17.6. The predicted molar refractivity (Wildman–Crippen MR) is 93.8 cm³/mol. The monoisotopic (exact) mass is 336 g/mol. The van der Waals surface area contributed by atoms with Gasteiger partial charge in [0.25, 0.3) is 0 Å². The van der Waals surface area contributed by atoms with Gasteiger partial charge in [-0.15, -0.1) is 0 Å². The predicted octanol–water partition coefficient (Wildman–Crippen LogP) is 2.51. The molecule has 2 fully saturated rings. The van der Waals surface area contributed by atoms with Crippen LogP contribution in [-0.4, -0.2) is 61.5 Å². The van der Waals surface area contributed by atoms with Crippen LogP contribution in [0.4, 0.5) is 10.1 Å². The van der Waals surface area contributed by atoms with Gasteiger partial charge in [0.15, 0.2) is 0 Å². The van der Waals surface area contributed by atoms with E-state index in [1.807, 2.05) is 12.1 Å². The number of rotatable bonds is 6. The molecular weight excluding hydrogens is 307 g/mol. The molecule has 5 heteroatoms. The number of hydrogen-bond donors (Lipinski definition) is 1. The Bertz CT molecular complexity index is 520. The molecule has 1 saturated carbocycles. The summed E-state index contributed by atoms with van der Waals surface area (Å²) in [5.41, 5.74) is 0.677. The molecule has 0 bridgehead atoms. The lowest BCUT2D eigenvalue weighted by molar-refractivity contribution is -0.0321. The van der Waals surface area contributed by atoms with Crippen molar-refractivity contribution in [1.82, 2.24) is 4.90 Å². The summed E-state index contributed by atoms with van der Waals surface area (Å²) >= 11 is 0. The summed E-state index contributed by atoms with van der Waals surface area (Å²) in [7, 11) is 0. The van der Waals surface area contributed by atoms with Crippen molar-refractivity contribution in [1.29, 1.82) is 0 Å². The van der Waals surface area contributed by atoms with Crippen LogP contribution in [0.25, 0.3) is 0 Å². The highest BCUT2D eigenvalue weighted by Gasteiger charge is 2.26. The van der Waals surface area contributed by atoms with Gasteiger partial charge >= 0.3 is 0 Å². The second-order valence-electron chi connectivity index (χ2n) is 7.17. The van der Waals surface area contributed by atoms with E-state index in [4.69, 9.17) is 4.74 Å². The lowest BCUT2D eigenvalue weighted by atomic mass is 10.1. The van der Waals surface area contributed by atoms with Crippen LogP contribution in [0.1, 0.15) is 26.2 Å². The third-order valence-electron chi connectivity index (χ3n) is 5.32. The largest absolute Gasteiger partial charge is 0.389 e. The van der Waals surface area contributed by atoms with E-state index in [1.165, 1.54) is 18.9 Å². The van der Waals surface area contributed by atoms with Gasteiger partial charge in [-0.05, 0) is 30.9 Å². The second kappa shape index (κ2) is 8.28. The topological polar surface area (TPSA) is 35.9 Å². The number of aliphatic hydroxyl groups excluding tert-OH is 1. The van der Waals surface area contributed by atoms with Crippen molar-refractivity contribution < 1.29 is 14.2 Å². The first-order valence-electron chi connectivity index (χ1n) is 9.15. The first-order valence-corrected chi connectivity index (χ1v) is 9.15. The zero-order valence-corrected chi connectivity index (χ0v) is 14.5. The Morgan fingerprint density at radius 1 is 1.21 bits per heavy atom. The average Bonchev–Trinajstić information content (AvgIpc) is 2.99. The van der Waals surface area contributed by atoms with Gasteiger partial charge in [-0.25, -0.2) is 4.39 Å². The smallest absolute Gasteiger partial charge is 0.146 e. The minimum absolute atomic E-state index is 0.162. The first-order chi connectivity index (χ1) is 11.6. The van der Waals surface area contributed by atoms with Crippen LogP contribution in [-0.2, 0) is 4.74 Å². The quantitative estimate of drug-likeness (QED) is 0.866. The molecule has 1 aromatic carbocycles. The van der Waals surface area contributed by atoms with Gasteiger partial charge in [-0.2, -0.15) is 0 Å². The van der Waals surface area contributed by atoms with Gasteiger partial charge in [-0.1, -0.05) is 25.5 Å². The number of hydrogen-bond acceptors (Lipinski definition) is 4. The molecule has 0 radical (unpaired) electrons. The van der Waals surface area contributed by atoms with Crippen molar-refractivity contribution in [2.45, 2.75) is 38.4 Å². The van der Waals surface area contributed by atoms with Gasteiger partial charge in [0.2, 0.25) is 0 Å². The minimum Gasteiger partial charge on any atom is -0.389 e. The van der Waals surface area contributed by atoms with Gasteiger partial charge in [0.05, 0.1) is 24.5 Å². The van der Waals surface area contributed by atoms with Crippen molar-refractivity contribution in [3.63, 3.8) is 0 Å². The fourth-order valence-electron chi connectivity index (χ4n) is 3.82. The maximum Gasteiger partial charge on any atom is 0.146 e. The Kier molecular flexibility index (Phi) is 6.09. The van der Waals surface area contributed by atoms with Crippen molar-refractivity contribution in [2.75, 3.05) is 44.2 Å². The number of benzene rings is 1. The Morgan fingerprint density at radius 3 is 2.62 bits per heavy atom. The summed E-state index contributed by atoms with van der Waals surface area (Å²) in [5.74, 6) is 0.451. The van der Waals surface area contributed by atoms with Crippen LogP contribution in [0.15, 0.2) is 24.3 Å². The van der Waals surface area contributed by atoms with Gasteiger partial charge in [0, 0.05) is 32.7 Å². The normalized spacial score (nSPS) is 26.7. The molecule has 1 heterocycles. The van der Waals surface area contributed by atoms with E-state index in [9.17, 15) is 9.50 Å². The van der Waals surface area contributed by atoms with Gasteiger partial charge in [0.1, 0.15) is 5.82 Å². The number of piperazine rings is 1. The molecule has 3 atom stereocenters. The molecule has 0 spiro atoms. The van der Waals surface area contributed by atoms with E-state index in [1.54, 1.807) is 6.07 Å². The Hall–Kier alpha value is -1.17. The number of aliphatic hydroxyl groups is 1. The molecule has 1 N–H and O–H groups in total. The average molecular weight is 336 g/mol. The highest BCUT2D eigenvalue weighted by molar-refractivity contribution is 5.47. The van der Waals surface area contributed by atoms with Gasteiger partial charge < -0.3 is 14.7 Å². The maximum absolute atomic E-state index is 13.8. The third kappa shape index (κ3) is 4.47. The molecule has 0 amide bonds. The SMILES string of the molecule is C[C@H]1CCC[C@H]1OC[C@H](O)CN1CCN(c2ccccc2F)CC1. The van der Waals surface area contributed by atoms with Crippen molar-refractivity contribution in [3.8, 4) is 0 Å². The van der Waals surface area contributed by atoms with Crippen LogP contribution in [0, 0.1) is 11.7 Å². The number of anilines is 1. The number of nitrogens with zero attached hydrogens (tertiary/aromatic N) is 2. The fraction of sp³-hybridized carbons (Fsp3) is 0.684. The summed E-state index contributed by atoms with van der Waals surface area (Å²) in [6.45, 7) is 6.53. The standard InChI is InChI=1S/C19H29FN2O2/c1-15-5-4-8-19(15)24-14-16(23)13-21-9-11-22(12-10-21)18-7-3-2-6-17(18)20/h2-3,6-7,15-16,19,23H,4-5,8-14H2,1H3/t15-,16+,19+/m0/s1. The van der Waals surface area contributed by atoms with Crippen LogP contribution in [0.2, 0.25) is 0 Å². The third-order valence-corrected chi connectivity index (χ3v) is 5.32. The lowest BCUT2D eigenvalue weighted by Gasteiger charge is -2.37. The molecular formula is C19H29FN2O2. The summed E-state index contributed by atoms with van der Waals surface area (Å²) in [6.07, 6.45) is 3.46. The molecule has 0 aromatic heterocycles. The van der Waals surface area contributed by atoms with Crippen LogP contribution in [0.3, 0.4) is 0 Å². The van der Waals surface area contributed by atoms with E-state index in [-0.39, 0.29) is 5.82 Å². The number of halogens is 1. The number of β-amino-alcohol motifs (C(OH)–C–C–N with tert-alkyl or cyclic N) is 1. The number of ether oxygens (including phenoxy) is 1. The van der Waals surface area contributed by atoms with Crippen LogP contribution >= 0.6 is 0 Å². The molecule has 0 unspecified atom stereocenters. The van der Waals surface area contributed by atoms with E-state index >= 15 is 0 Å². The van der Waals surface area contributed by atoms with Crippen LogP contribution < -0.4 is 4.90 Å². The number of para-hydroxylation sites is 1. The molecule has 2 aliphatic rings.